The zero-order chi connectivity index (χ0) is 22.5. The van der Waals surface area contributed by atoms with Gasteiger partial charge >= 0.3 is 15.2 Å². The maximum atomic E-state index is 11.8. The number of hydrogen-bond donors (Lipinski definition) is 3. The van der Waals surface area contributed by atoms with Crippen LogP contribution in [0.1, 0.15) is 20.8 Å². The summed E-state index contributed by atoms with van der Waals surface area (Å²) in [5.41, 5.74) is 1.99. The number of aliphatic hydroxyl groups is 1. The van der Waals surface area contributed by atoms with Crippen molar-refractivity contribution < 1.29 is 51.7 Å². The molecule has 4 unspecified atom stereocenters. The molecule has 0 spiro atoms. The molecule has 0 aliphatic carbocycles. The fraction of sp³-hybridized carbons (Fsp3) is 1.00. The number of rotatable bonds is 19. The SMILES string of the molecule is CC(C)P(=O)(O)OCC(O)COCCOCCOCCOCCOP1(=O)ONC1C. The third-order valence-corrected chi connectivity index (χ3v) is 7.64. The molecule has 4 atom stereocenters. The minimum atomic E-state index is -3.69. The first kappa shape index (κ1) is 28.1. The van der Waals surface area contributed by atoms with Gasteiger partial charge in [-0.05, 0) is 6.92 Å². The molecule has 1 rings (SSSR count). The molecule has 1 aliphatic rings. The van der Waals surface area contributed by atoms with Crippen molar-refractivity contribution in [2.45, 2.75) is 38.3 Å². The van der Waals surface area contributed by atoms with Gasteiger partial charge in [-0.25, -0.2) is 4.62 Å². The highest BCUT2D eigenvalue weighted by Crippen LogP contribution is 2.57. The van der Waals surface area contributed by atoms with Crippen LogP contribution in [0.3, 0.4) is 0 Å². The van der Waals surface area contributed by atoms with E-state index in [1.54, 1.807) is 20.8 Å². The van der Waals surface area contributed by atoms with Crippen LogP contribution in [-0.4, -0.2) is 93.6 Å². The fourth-order valence-corrected chi connectivity index (χ4v) is 3.65. The van der Waals surface area contributed by atoms with E-state index in [0.717, 1.165) is 0 Å². The quantitative estimate of drug-likeness (QED) is 0.180. The van der Waals surface area contributed by atoms with Gasteiger partial charge in [0.05, 0.1) is 71.7 Å². The Hall–Kier alpha value is 0.0600. The number of hydrogen-bond acceptors (Lipinski definition) is 11. The third kappa shape index (κ3) is 11.6. The lowest BCUT2D eigenvalue weighted by molar-refractivity contribution is -0.0265. The van der Waals surface area contributed by atoms with Crippen molar-refractivity contribution >= 4 is 15.2 Å². The van der Waals surface area contributed by atoms with Crippen molar-refractivity contribution in [1.82, 2.24) is 5.48 Å². The van der Waals surface area contributed by atoms with Gasteiger partial charge in [-0.15, -0.1) is 0 Å². The standard InChI is InChI=1S/C16H35NO11P2/c1-14(2)29(19,20)27-13-16(18)12-25-9-8-23-5-4-22-6-7-24-10-11-26-30(21)15(3)17-28-30/h14-18H,4-13H2,1-3H3,(H,19,20). The van der Waals surface area contributed by atoms with Gasteiger partial charge in [0.2, 0.25) is 0 Å². The Balaban J connectivity index is 1.80. The normalized spacial score (nSPS) is 24.5. The number of nitrogens with one attached hydrogen (secondary N) is 1. The molecule has 0 aromatic carbocycles. The summed E-state index contributed by atoms with van der Waals surface area (Å²) in [6.07, 6.45) is -0.986. The van der Waals surface area contributed by atoms with Crippen LogP contribution in [0.25, 0.3) is 0 Å². The molecule has 0 radical (unpaired) electrons. The Morgan fingerprint density at radius 3 is 1.90 bits per heavy atom. The first-order valence-corrected chi connectivity index (χ1v) is 13.1. The maximum Gasteiger partial charge on any atom is 0.365 e. The summed E-state index contributed by atoms with van der Waals surface area (Å²) in [4.78, 5) is 9.49. The summed E-state index contributed by atoms with van der Waals surface area (Å²) < 4.78 is 59.2. The van der Waals surface area contributed by atoms with Crippen LogP contribution in [0.5, 0.6) is 0 Å². The van der Waals surface area contributed by atoms with Crippen LogP contribution in [0.15, 0.2) is 0 Å². The average molecular weight is 479 g/mol. The first-order chi connectivity index (χ1) is 14.2. The second-order valence-corrected chi connectivity index (χ2v) is 11.5. The lowest BCUT2D eigenvalue weighted by Crippen LogP contribution is -2.38. The van der Waals surface area contributed by atoms with Gasteiger partial charge in [-0.1, -0.05) is 13.8 Å². The predicted octanol–water partition coefficient (Wildman–Crippen LogP) is 1.11. The van der Waals surface area contributed by atoms with Crippen molar-refractivity contribution in [3.63, 3.8) is 0 Å². The molecule has 1 aliphatic heterocycles. The van der Waals surface area contributed by atoms with Crippen LogP contribution in [0.2, 0.25) is 0 Å². The minimum absolute atomic E-state index is 0.0178. The third-order valence-electron chi connectivity index (χ3n) is 3.85. The molecule has 3 N–H and O–H groups in total. The van der Waals surface area contributed by atoms with Crippen molar-refractivity contribution in [1.29, 1.82) is 0 Å². The highest BCUT2D eigenvalue weighted by Gasteiger charge is 2.42. The highest BCUT2D eigenvalue weighted by atomic mass is 31.2. The second-order valence-electron chi connectivity index (χ2n) is 6.78. The largest absolute Gasteiger partial charge is 0.388 e. The van der Waals surface area contributed by atoms with Crippen molar-refractivity contribution in [2.75, 3.05) is 66.1 Å². The Morgan fingerprint density at radius 2 is 1.47 bits per heavy atom. The first-order valence-electron chi connectivity index (χ1n) is 9.82. The van der Waals surface area contributed by atoms with E-state index in [9.17, 15) is 19.1 Å². The van der Waals surface area contributed by atoms with Crippen LogP contribution in [0, 0.1) is 0 Å². The van der Waals surface area contributed by atoms with Gasteiger partial charge < -0.3 is 38.0 Å². The zero-order valence-electron chi connectivity index (χ0n) is 17.8. The molecule has 12 nitrogen and oxygen atoms in total. The van der Waals surface area contributed by atoms with Gasteiger partial charge in [-0.2, -0.15) is 5.48 Å². The maximum absolute atomic E-state index is 11.8. The van der Waals surface area contributed by atoms with Crippen molar-refractivity contribution in [3.05, 3.63) is 0 Å². The summed E-state index contributed by atoms with van der Waals surface area (Å²) in [7, 11) is -6.66. The van der Waals surface area contributed by atoms with Crippen molar-refractivity contribution in [2.24, 2.45) is 0 Å². The summed E-state index contributed by atoms with van der Waals surface area (Å²) in [6, 6.07) is 0. The van der Waals surface area contributed by atoms with Crippen molar-refractivity contribution in [3.8, 4) is 0 Å². The lowest BCUT2D eigenvalue weighted by Gasteiger charge is -2.32. The van der Waals surface area contributed by atoms with E-state index in [-0.39, 0.29) is 32.2 Å². The molecule has 1 saturated heterocycles. The lowest BCUT2D eigenvalue weighted by atomic mass is 10.4. The van der Waals surface area contributed by atoms with Gasteiger partial charge in [0.1, 0.15) is 11.9 Å². The van der Waals surface area contributed by atoms with Crippen LogP contribution in [-0.2, 0) is 41.7 Å². The van der Waals surface area contributed by atoms with Gasteiger partial charge in [-0.3, -0.25) is 9.13 Å². The van der Waals surface area contributed by atoms with E-state index in [2.05, 4.69) is 5.48 Å². The number of hydroxylamine groups is 1. The summed E-state index contributed by atoms with van der Waals surface area (Å²) >= 11 is 0. The van der Waals surface area contributed by atoms with E-state index in [1.807, 2.05) is 0 Å². The Bertz CT molecular complexity index is 551. The number of ether oxygens (including phenoxy) is 4. The average Bonchev–Trinajstić information content (AvgIpc) is 2.71. The molecule has 0 saturated carbocycles. The molecule has 0 bridgehead atoms. The van der Waals surface area contributed by atoms with E-state index >= 15 is 0 Å². The van der Waals surface area contributed by atoms with E-state index in [0.29, 0.717) is 39.6 Å². The van der Waals surface area contributed by atoms with Crippen LogP contribution >= 0.6 is 15.2 Å². The molecular formula is C16H35NO11P2. The minimum Gasteiger partial charge on any atom is -0.388 e. The molecular weight excluding hydrogens is 444 g/mol. The van der Waals surface area contributed by atoms with Gasteiger partial charge in [0.25, 0.3) is 0 Å². The van der Waals surface area contributed by atoms with Crippen LogP contribution in [0.4, 0.5) is 0 Å². The number of aliphatic hydroxyl groups excluding tert-OH is 1. The zero-order valence-corrected chi connectivity index (χ0v) is 19.6. The molecule has 1 heterocycles. The van der Waals surface area contributed by atoms with E-state index < -0.39 is 27.0 Å². The molecule has 1 fully saturated rings. The molecule has 14 heteroatoms. The molecule has 0 aromatic heterocycles. The van der Waals surface area contributed by atoms with Gasteiger partial charge in [0.15, 0.2) is 0 Å². The summed E-state index contributed by atoms with van der Waals surface area (Å²) in [5.74, 6) is -0.290. The summed E-state index contributed by atoms with van der Waals surface area (Å²) in [6.45, 7) is 7.19. The van der Waals surface area contributed by atoms with E-state index in [1.165, 1.54) is 0 Å². The highest BCUT2D eigenvalue weighted by molar-refractivity contribution is 7.55. The van der Waals surface area contributed by atoms with Crippen LogP contribution < -0.4 is 5.48 Å². The Kier molecular flexibility index (Phi) is 14.0. The second kappa shape index (κ2) is 15.0. The smallest absolute Gasteiger partial charge is 0.365 e. The molecule has 0 amide bonds. The Labute approximate surface area is 177 Å². The van der Waals surface area contributed by atoms with E-state index in [4.69, 9.17) is 32.6 Å². The topological polar surface area (TPSA) is 151 Å². The predicted molar refractivity (Wildman–Crippen MR) is 107 cm³/mol. The molecule has 30 heavy (non-hydrogen) atoms. The fourth-order valence-electron chi connectivity index (χ4n) is 1.87. The summed E-state index contributed by atoms with van der Waals surface area (Å²) in [5, 5.41) is 9.65. The molecule has 0 aromatic rings. The Morgan fingerprint density at radius 1 is 0.967 bits per heavy atom. The monoisotopic (exact) mass is 479 g/mol. The molecule has 180 valence electrons. The van der Waals surface area contributed by atoms with Gasteiger partial charge in [0, 0.05) is 0 Å².